The van der Waals surface area contributed by atoms with Gasteiger partial charge in [-0.15, -0.1) is 0 Å². The standard InChI is InChI=1S/C7H12.C5H10/c1-4-6-7(3)5-2;1-4-5(2)3/h4-6H,1-3H3;4H,1-3H3/b6-4+,7-5+;. The summed E-state index contributed by atoms with van der Waals surface area (Å²) in [5, 5.41) is 0. The summed E-state index contributed by atoms with van der Waals surface area (Å²) < 4.78 is 0. The summed E-state index contributed by atoms with van der Waals surface area (Å²) in [6.45, 7) is 12.3. The van der Waals surface area contributed by atoms with Crippen LogP contribution in [0.25, 0.3) is 0 Å². The first-order valence-electron chi connectivity index (χ1n) is 4.43. The van der Waals surface area contributed by atoms with Crippen molar-refractivity contribution in [2.24, 2.45) is 0 Å². The van der Waals surface area contributed by atoms with Crippen LogP contribution in [-0.4, -0.2) is 0 Å². The molecule has 0 N–H and O–H groups in total. The Morgan fingerprint density at radius 3 is 1.33 bits per heavy atom. The zero-order valence-corrected chi connectivity index (χ0v) is 9.31. The SMILES string of the molecule is C/C=C/C(C)=C/C.CC=C(C)C. The van der Waals surface area contributed by atoms with E-state index in [-0.39, 0.29) is 0 Å². The van der Waals surface area contributed by atoms with E-state index >= 15 is 0 Å². The van der Waals surface area contributed by atoms with Gasteiger partial charge in [0, 0.05) is 0 Å². The van der Waals surface area contributed by atoms with Crippen molar-refractivity contribution < 1.29 is 0 Å². The van der Waals surface area contributed by atoms with Gasteiger partial charge in [-0.1, -0.05) is 35.5 Å². The molecule has 0 fully saturated rings. The molecular formula is C12H22. The topological polar surface area (TPSA) is 0 Å². The van der Waals surface area contributed by atoms with Crippen molar-refractivity contribution >= 4 is 0 Å². The summed E-state index contributed by atoms with van der Waals surface area (Å²) >= 11 is 0. The zero-order chi connectivity index (χ0) is 9.98. The van der Waals surface area contributed by atoms with Gasteiger partial charge in [-0.3, -0.25) is 0 Å². The fourth-order valence-electron chi connectivity index (χ4n) is 0.359. The van der Waals surface area contributed by atoms with Crippen molar-refractivity contribution in [2.45, 2.75) is 41.5 Å². The molecule has 0 aliphatic rings. The van der Waals surface area contributed by atoms with Gasteiger partial charge in [-0.05, 0) is 41.5 Å². The van der Waals surface area contributed by atoms with Gasteiger partial charge in [-0.2, -0.15) is 0 Å². The molecule has 0 saturated carbocycles. The van der Waals surface area contributed by atoms with E-state index in [4.69, 9.17) is 0 Å². The molecule has 0 unspecified atom stereocenters. The molecule has 0 spiro atoms. The largest absolute Gasteiger partial charge is 0.0890 e. The van der Waals surface area contributed by atoms with E-state index in [2.05, 4.69) is 39.0 Å². The minimum atomic E-state index is 1.32. The third kappa shape index (κ3) is 16.1. The van der Waals surface area contributed by atoms with Crippen molar-refractivity contribution in [3.63, 3.8) is 0 Å². The third-order valence-corrected chi connectivity index (χ3v) is 1.46. The van der Waals surface area contributed by atoms with Crippen molar-refractivity contribution in [1.29, 1.82) is 0 Å². The van der Waals surface area contributed by atoms with Crippen LogP contribution < -0.4 is 0 Å². The molecule has 0 aliphatic carbocycles. The van der Waals surface area contributed by atoms with Gasteiger partial charge in [0.2, 0.25) is 0 Å². The van der Waals surface area contributed by atoms with E-state index in [1.807, 2.05) is 26.8 Å². The van der Waals surface area contributed by atoms with Crippen molar-refractivity contribution in [3.8, 4) is 0 Å². The zero-order valence-electron chi connectivity index (χ0n) is 9.31. The second-order valence-electron chi connectivity index (χ2n) is 2.90. The molecule has 0 saturated heterocycles. The highest BCUT2D eigenvalue weighted by Gasteiger charge is 1.69. The summed E-state index contributed by atoms with van der Waals surface area (Å²) in [5.74, 6) is 0. The maximum atomic E-state index is 2.08. The molecule has 0 bridgehead atoms. The smallest absolute Gasteiger partial charge is 0.0401 e. The van der Waals surface area contributed by atoms with Crippen LogP contribution in [0.4, 0.5) is 0 Å². The second-order valence-corrected chi connectivity index (χ2v) is 2.90. The lowest BCUT2D eigenvalue weighted by Gasteiger charge is -1.81. The van der Waals surface area contributed by atoms with Gasteiger partial charge in [0.15, 0.2) is 0 Å². The van der Waals surface area contributed by atoms with Gasteiger partial charge in [0.1, 0.15) is 0 Å². The molecule has 0 atom stereocenters. The predicted molar refractivity (Wildman–Crippen MR) is 59.4 cm³/mol. The van der Waals surface area contributed by atoms with Crippen molar-refractivity contribution in [3.05, 3.63) is 35.5 Å². The van der Waals surface area contributed by atoms with E-state index in [1.54, 1.807) is 0 Å². The van der Waals surface area contributed by atoms with Crippen molar-refractivity contribution in [2.75, 3.05) is 0 Å². The minimum absolute atomic E-state index is 1.32. The van der Waals surface area contributed by atoms with E-state index < -0.39 is 0 Å². The normalized spacial score (nSPS) is 10.7. The highest BCUT2D eigenvalue weighted by Crippen LogP contribution is 1.91. The maximum absolute atomic E-state index is 2.08. The summed E-state index contributed by atoms with van der Waals surface area (Å²) in [6.07, 6.45) is 8.29. The van der Waals surface area contributed by atoms with Crippen LogP contribution in [0.15, 0.2) is 35.5 Å². The van der Waals surface area contributed by atoms with Crippen LogP contribution in [0.5, 0.6) is 0 Å². The molecule has 0 heterocycles. The van der Waals surface area contributed by atoms with Gasteiger partial charge < -0.3 is 0 Å². The molecule has 0 radical (unpaired) electrons. The first-order chi connectivity index (χ1) is 5.58. The van der Waals surface area contributed by atoms with Crippen molar-refractivity contribution in [1.82, 2.24) is 0 Å². The molecule has 0 aromatic carbocycles. The predicted octanol–water partition coefficient (Wildman–Crippen LogP) is 4.50. The molecule has 0 heteroatoms. The molecule has 0 aromatic rings. The van der Waals surface area contributed by atoms with Crippen LogP contribution in [0, 0.1) is 0 Å². The Bertz CT molecular complexity index is 164. The quantitative estimate of drug-likeness (QED) is 0.397. The van der Waals surface area contributed by atoms with Gasteiger partial charge in [-0.25, -0.2) is 0 Å². The summed E-state index contributed by atoms with van der Waals surface area (Å²) in [7, 11) is 0. The maximum Gasteiger partial charge on any atom is -0.0401 e. The Balaban J connectivity index is 0. The Morgan fingerprint density at radius 2 is 1.25 bits per heavy atom. The highest BCUT2D eigenvalue weighted by atomic mass is 13.8. The molecular weight excluding hydrogens is 144 g/mol. The van der Waals surface area contributed by atoms with Crippen LogP contribution in [-0.2, 0) is 0 Å². The Kier molecular flexibility index (Phi) is 11.7. The monoisotopic (exact) mass is 166 g/mol. The molecule has 0 aliphatic heterocycles. The molecule has 70 valence electrons. The molecule has 0 rings (SSSR count). The van der Waals surface area contributed by atoms with Crippen LogP contribution in [0.2, 0.25) is 0 Å². The number of allylic oxidation sites excluding steroid dienone is 6. The highest BCUT2D eigenvalue weighted by molar-refractivity contribution is 5.13. The summed E-state index contributed by atoms with van der Waals surface area (Å²) in [6, 6.07) is 0. The fourth-order valence-corrected chi connectivity index (χ4v) is 0.359. The number of hydrogen-bond donors (Lipinski definition) is 0. The second kappa shape index (κ2) is 10.2. The minimum Gasteiger partial charge on any atom is -0.0890 e. The Morgan fingerprint density at radius 1 is 0.833 bits per heavy atom. The molecule has 12 heavy (non-hydrogen) atoms. The molecule has 0 nitrogen and oxygen atoms in total. The summed E-state index contributed by atoms with van der Waals surface area (Å²) in [5.41, 5.74) is 2.70. The van der Waals surface area contributed by atoms with Gasteiger partial charge in [0.25, 0.3) is 0 Å². The van der Waals surface area contributed by atoms with E-state index in [0.29, 0.717) is 0 Å². The first kappa shape index (κ1) is 13.8. The molecule has 0 amide bonds. The summed E-state index contributed by atoms with van der Waals surface area (Å²) in [4.78, 5) is 0. The van der Waals surface area contributed by atoms with E-state index in [9.17, 15) is 0 Å². The fraction of sp³-hybridized carbons (Fsp3) is 0.500. The van der Waals surface area contributed by atoms with Crippen LogP contribution >= 0.6 is 0 Å². The number of rotatable bonds is 1. The van der Waals surface area contributed by atoms with Gasteiger partial charge in [0.05, 0.1) is 0 Å². The first-order valence-corrected chi connectivity index (χ1v) is 4.43. The molecule has 0 aromatic heterocycles. The van der Waals surface area contributed by atoms with Crippen LogP contribution in [0.3, 0.4) is 0 Å². The Labute approximate surface area is 77.7 Å². The van der Waals surface area contributed by atoms with Crippen LogP contribution in [0.1, 0.15) is 41.5 Å². The van der Waals surface area contributed by atoms with E-state index in [1.165, 1.54) is 11.1 Å². The Hall–Kier alpha value is -0.780. The lowest BCUT2D eigenvalue weighted by atomic mass is 10.3. The third-order valence-electron chi connectivity index (χ3n) is 1.46. The lowest BCUT2D eigenvalue weighted by molar-refractivity contribution is 1.36. The average molecular weight is 166 g/mol. The number of hydrogen-bond acceptors (Lipinski definition) is 0. The van der Waals surface area contributed by atoms with Gasteiger partial charge >= 0.3 is 0 Å². The average Bonchev–Trinajstić information content (AvgIpc) is 2.06. The lowest BCUT2D eigenvalue weighted by Crippen LogP contribution is -1.60. The van der Waals surface area contributed by atoms with E-state index in [0.717, 1.165) is 0 Å².